The van der Waals surface area contributed by atoms with Gasteiger partial charge in [-0.1, -0.05) is 18.2 Å². The van der Waals surface area contributed by atoms with Crippen LogP contribution in [0.2, 0.25) is 0 Å². The molecular formula is C13H14N2O4S. The SMILES string of the molecule is COC(=O)CN(C)S(=O)(=O)c1cccc2cccnc12. The number of benzene rings is 1. The zero-order chi connectivity index (χ0) is 14.8. The zero-order valence-corrected chi connectivity index (χ0v) is 11.9. The standard InChI is InChI=1S/C13H14N2O4S/c1-15(9-12(16)19-2)20(17,18)11-7-3-5-10-6-4-8-14-13(10)11/h3-8H,9H2,1-2H3. The van der Waals surface area contributed by atoms with Gasteiger partial charge in [0.1, 0.15) is 11.4 Å². The van der Waals surface area contributed by atoms with Gasteiger partial charge in [-0.2, -0.15) is 4.31 Å². The first-order valence-corrected chi connectivity index (χ1v) is 7.27. The minimum absolute atomic E-state index is 0.0713. The van der Waals surface area contributed by atoms with E-state index in [1.165, 1.54) is 26.4 Å². The fourth-order valence-corrected chi connectivity index (χ4v) is 3.06. The van der Waals surface area contributed by atoms with Gasteiger partial charge in [-0.05, 0) is 12.1 Å². The summed E-state index contributed by atoms with van der Waals surface area (Å²) in [6.45, 7) is -0.345. The number of hydrogen-bond donors (Lipinski definition) is 0. The van der Waals surface area contributed by atoms with Crippen molar-refractivity contribution in [3.63, 3.8) is 0 Å². The predicted molar refractivity (Wildman–Crippen MR) is 73.6 cm³/mol. The highest BCUT2D eigenvalue weighted by molar-refractivity contribution is 7.89. The molecule has 0 saturated carbocycles. The summed E-state index contributed by atoms with van der Waals surface area (Å²) in [5, 5.41) is 0.722. The van der Waals surface area contributed by atoms with Gasteiger partial charge < -0.3 is 4.74 Å². The van der Waals surface area contributed by atoms with Crippen LogP contribution in [0.4, 0.5) is 0 Å². The van der Waals surface area contributed by atoms with E-state index in [0.717, 1.165) is 9.69 Å². The van der Waals surface area contributed by atoms with Crippen LogP contribution in [0.3, 0.4) is 0 Å². The van der Waals surface area contributed by atoms with Crippen molar-refractivity contribution in [2.75, 3.05) is 20.7 Å². The van der Waals surface area contributed by atoms with Crippen LogP contribution in [0.15, 0.2) is 41.4 Å². The molecular weight excluding hydrogens is 280 g/mol. The van der Waals surface area contributed by atoms with Crippen molar-refractivity contribution in [3.05, 3.63) is 36.5 Å². The Morgan fingerprint density at radius 2 is 2.00 bits per heavy atom. The largest absolute Gasteiger partial charge is 0.468 e. The predicted octanol–water partition coefficient (Wildman–Crippen LogP) is 1.03. The normalized spacial score (nSPS) is 11.8. The number of esters is 1. The third kappa shape index (κ3) is 2.63. The number of pyridine rings is 1. The molecule has 1 heterocycles. The third-order valence-corrected chi connectivity index (χ3v) is 4.70. The maximum absolute atomic E-state index is 12.5. The zero-order valence-electron chi connectivity index (χ0n) is 11.1. The minimum atomic E-state index is -3.80. The summed E-state index contributed by atoms with van der Waals surface area (Å²) in [5.74, 6) is -0.621. The third-order valence-electron chi connectivity index (χ3n) is 2.86. The second kappa shape index (κ2) is 5.56. The van der Waals surface area contributed by atoms with Gasteiger partial charge in [-0.3, -0.25) is 9.78 Å². The van der Waals surface area contributed by atoms with Crippen molar-refractivity contribution in [1.82, 2.24) is 9.29 Å². The molecule has 7 heteroatoms. The van der Waals surface area contributed by atoms with Crippen LogP contribution < -0.4 is 0 Å². The van der Waals surface area contributed by atoms with Gasteiger partial charge in [0.05, 0.1) is 12.6 Å². The van der Waals surface area contributed by atoms with Gasteiger partial charge in [0.15, 0.2) is 0 Å². The lowest BCUT2D eigenvalue weighted by atomic mass is 10.2. The summed E-state index contributed by atoms with van der Waals surface area (Å²) in [5.41, 5.74) is 0.381. The fraction of sp³-hybridized carbons (Fsp3) is 0.231. The average Bonchev–Trinajstić information content (AvgIpc) is 2.46. The van der Waals surface area contributed by atoms with E-state index < -0.39 is 16.0 Å². The number of para-hydroxylation sites is 1. The molecule has 0 bridgehead atoms. The number of methoxy groups -OCH3 is 1. The molecule has 0 aliphatic carbocycles. The van der Waals surface area contributed by atoms with E-state index in [4.69, 9.17) is 0 Å². The summed E-state index contributed by atoms with van der Waals surface area (Å²) >= 11 is 0. The molecule has 0 spiro atoms. The van der Waals surface area contributed by atoms with E-state index in [1.54, 1.807) is 24.3 Å². The molecule has 20 heavy (non-hydrogen) atoms. The number of hydrogen-bond acceptors (Lipinski definition) is 5. The maximum Gasteiger partial charge on any atom is 0.321 e. The molecule has 0 aliphatic heterocycles. The summed E-state index contributed by atoms with van der Waals surface area (Å²) in [7, 11) is -1.26. The average molecular weight is 294 g/mol. The number of ether oxygens (including phenoxy) is 1. The van der Waals surface area contributed by atoms with Crippen molar-refractivity contribution in [2.45, 2.75) is 4.90 Å². The van der Waals surface area contributed by atoms with Crippen molar-refractivity contribution in [3.8, 4) is 0 Å². The quantitative estimate of drug-likeness (QED) is 0.787. The van der Waals surface area contributed by atoms with Crippen LogP contribution in [0, 0.1) is 0 Å². The number of nitrogens with zero attached hydrogens (tertiary/aromatic N) is 2. The lowest BCUT2D eigenvalue weighted by Gasteiger charge is -2.16. The van der Waals surface area contributed by atoms with Gasteiger partial charge >= 0.3 is 5.97 Å². The Kier molecular flexibility index (Phi) is 4.01. The van der Waals surface area contributed by atoms with E-state index in [1.807, 2.05) is 0 Å². The highest BCUT2D eigenvalue weighted by atomic mass is 32.2. The monoisotopic (exact) mass is 294 g/mol. The maximum atomic E-state index is 12.5. The molecule has 0 saturated heterocycles. The molecule has 0 fully saturated rings. The molecule has 2 aromatic rings. The lowest BCUT2D eigenvalue weighted by Crippen LogP contribution is -2.32. The van der Waals surface area contributed by atoms with E-state index >= 15 is 0 Å². The summed E-state index contributed by atoms with van der Waals surface area (Å²) in [6, 6.07) is 8.40. The molecule has 0 N–H and O–H groups in total. The van der Waals surface area contributed by atoms with Crippen LogP contribution in [0.25, 0.3) is 10.9 Å². The van der Waals surface area contributed by atoms with Crippen molar-refractivity contribution < 1.29 is 17.9 Å². The Morgan fingerprint density at radius 1 is 1.30 bits per heavy atom. The Labute approximate surface area is 117 Å². The summed E-state index contributed by atoms with van der Waals surface area (Å²) in [4.78, 5) is 15.4. The van der Waals surface area contributed by atoms with E-state index in [9.17, 15) is 13.2 Å². The lowest BCUT2D eigenvalue weighted by molar-refractivity contribution is -0.140. The Bertz CT molecular complexity index is 738. The second-order valence-electron chi connectivity index (χ2n) is 4.17. The van der Waals surface area contributed by atoms with Crippen LogP contribution in [0.1, 0.15) is 0 Å². The van der Waals surface area contributed by atoms with Gasteiger partial charge in [0.25, 0.3) is 0 Å². The van der Waals surface area contributed by atoms with Crippen LogP contribution >= 0.6 is 0 Å². The topological polar surface area (TPSA) is 76.6 Å². The first kappa shape index (κ1) is 14.4. The van der Waals surface area contributed by atoms with E-state index in [0.29, 0.717) is 5.52 Å². The number of carbonyl (C=O) groups excluding carboxylic acids is 1. The number of carbonyl (C=O) groups is 1. The molecule has 0 atom stereocenters. The van der Waals surface area contributed by atoms with Crippen LogP contribution in [0.5, 0.6) is 0 Å². The van der Waals surface area contributed by atoms with E-state index in [-0.39, 0.29) is 11.4 Å². The number of rotatable bonds is 4. The van der Waals surface area contributed by atoms with Crippen LogP contribution in [-0.2, 0) is 19.6 Å². The minimum Gasteiger partial charge on any atom is -0.468 e. The first-order valence-electron chi connectivity index (χ1n) is 5.83. The van der Waals surface area contributed by atoms with Gasteiger partial charge in [0, 0.05) is 18.6 Å². The molecule has 1 aromatic carbocycles. The van der Waals surface area contributed by atoms with Crippen molar-refractivity contribution in [1.29, 1.82) is 0 Å². The van der Waals surface area contributed by atoms with Gasteiger partial charge in [0.2, 0.25) is 10.0 Å². The van der Waals surface area contributed by atoms with Crippen LogP contribution in [-0.4, -0.2) is 44.4 Å². The highest BCUT2D eigenvalue weighted by Gasteiger charge is 2.25. The second-order valence-corrected chi connectivity index (χ2v) is 6.18. The fourth-order valence-electron chi connectivity index (χ4n) is 1.78. The number of likely N-dealkylation sites (N-methyl/N-ethyl adjacent to an activating group) is 1. The molecule has 1 aromatic heterocycles. The summed E-state index contributed by atoms with van der Waals surface area (Å²) in [6.07, 6.45) is 1.53. The highest BCUT2D eigenvalue weighted by Crippen LogP contribution is 2.23. The summed E-state index contributed by atoms with van der Waals surface area (Å²) < 4.78 is 30.4. The first-order chi connectivity index (χ1) is 9.46. The van der Waals surface area contributed by atoms with Crippen molar-refractivity contribution in [2.24, 2.45) is 0 Å². The van der Waals surface area contributed by atoms with Crippen molar-refractivity contribution >= 4 is 26.9 Å². The smallest absolute Gasteiger partial charge is 0.321 e. The molecule has 0 unspecified atom stereocenters. The number of aromatic nitrogens is 1. The Balaban J connectivity index is 2.49. The molecule has 2 rings (SSSR count). The molecule has 6 nitrogen and oxygen atoms in total. The van der Waals surface area contributed by atoms with Gasteiger partial charge in [-0.25, -0.2) is 8.42 Å². The Morgan fingerprint density at radius 3 is 2.70 bits per heavy atom. The Hall–Kier alpha value is -1.99. The van der Waals surface area contributed by atoms with E-state index in [2.05, 4.69) is 9.72 Å². The molecule has 0 radical (unpaired) electrons. The molecule has 0 aliphatic rings. The number of sulfonamides is 1. The molecule has 0 amide bonds. The molecule has 106 valence electrons. The van der Waals surface area contributed by atoms with Gasteiger partial charge in [-0.15, -0.1) is 0 Å². The number of fused-ring (bicyclic) bond motifs is 1.